The van der Waals surface area contributed by atoms with Crippen molar-refractivity contribution in [2.45, 2.75) is 10.8 Å². The van der Waals surface area contributed by atoms with Crippen molar-refractivity contribution in [1.29, 1.82) is 0 Å². The van der Waals surface area contributed by atoms with Gasteiger partial charge in [0.25, 0.3) is 0 Å². The van der Waals surface area contributed by atoms with Gasteiger partial charge in [0.1, 0.15) is 11.2 Å². The molecule has 0 saturated carbocycles. The summed E-state index contributed by atoms with van der Waals surface area (Å²) in [4.78, 5) is 2.49. The fourth-order valence-electron chi connectivity index (χ4n) is 13.0. The predicted molar refractivity (Wildman–Crippen MR) is 298 cm³/mol. The molecule has 1 heterocycles. The Morgan fingerprint density at radius 3 is 1.33 bits per heavy atom. The van der Waals surface area contributed by atoms with Gasteiger partial charge in [-0.15, -0.1) is 0 Å². The number of fused-ring (bicyclic) bond motifs is 12. The number of para-hydroxylation sites is 1. The standard InChI is InChI=1S/C70H45NO/c1-4-22-49(23-5-1)69(50-24-6-2-7-25-50)62-32-16-14-29-56(62)58-41-38-53(44-65(58)69)71(52-37-35-46-19-10-11-21-48(46)43-52)54-39-42-59-57-30-15-17-33-63(57)70(66(59)45-54,51-26-8-3-9-27-51)64-34-18-31-60-61-40-36-47-20-12-13-28-55(47)67(61)72-68(60)64/h1-45H. The van der Waals surface area contributed by atoms with E-state index in [9.17, 15) is 0 Å². The first kappa shape index (κ1) is 40.6. The van der Waals surface area contributed by atoms with E-state index in [1.54, 1.807) is 0 Å². The highest BCUT2D eigenvalue weighted by molar-refractivity contribution is 6.16. The van der Waals surface area contributed by atoms with Crippen LogP contribution < -0.4 is 4.90 Å². The van der Waals surface area contributed by atoms with Crippen LogP contribution >= 0.6 is 0 Å². The average molecular weight is 916 g/mol. The van der Waals surface area contributed by atoms with Crippen LogP contribution in [0.5, 0.6) is 0 Å². The second kappa shape index (κ2) is 15.6. The van der Waals surface area contributed by atoms with Crippen LogP contribution in [-0.2, 0) is 10.8 Å². The Kier molecular flexibility index (Phi) is 8.82. The van der Waals surface area contributed by atoms with Gasteiger partial charge in [0.05, 0.1) is 10.8 Å². The summed E-state index contributed by atoms with van der Waals surface area (Å²) in [7, 11) is 0. The summed E-state index contributed by atoms with van der Waals surface area (Å²) in [5.74, 6) is 0. The molecule has 2 aliphatic rings. The van der Waals surface area contributed by atoms with E-state index in [1.165, 1.54) is 77.4 Å². The number of hydrogen-bond donors (Lipinski definition) is 0. The van der Waals surface area contributed by atoms with E-state index in [1.807, 2.05) is 0 Å². The van der Waals surface area contributed by atoms with Gasteiger partial charge >= 0.3 is 0 Å². The maximum absolute atomic E-state index is 7.29. The smallest absolute Gasteiger partial charge is 0.143 e. The second-order valence-electron chi connectivity index (χ2n) is 19.5. The molecular weight excluding hydrogens is 871 g/mol. The third-order valence-corrected chi connectivity index (χ3v) is 16.0. The summed E-state index contributed by atoms with van der Waals surface area (Å²) in [5.41, 5.74) is 18.5. The van der Waals surface area contributed by atoms with Crippen LogP contribution in [0.25, 0.3) is 65.7 Å². The summed E-state index contributed by atoms with van der Waals surface area (Å²) < 4.78 is 7.29. The number of furan rings is 1. The van der Waals surface area contributed by atoms with Gasteiger partial charge in [-0.05, 0) is 120 Å². The minimum atomic E-state index is -0.739. The maximum atomic E-state index is 7.29. The molecule has 2 nitrogen and oxygen atoms in total. The van der Waals surface area contributed by atoms with Crippen LogP contribution in [0, 0.1) is 0 Å². The molecule has 15 rings (SSSR count). The normalized spacial score (nSPS) is 15.1. The van der Waals surface area contributed by atoms with Gasteiger partial charge in [0.15, 0.2) is 0 Å². The lowest BCUT2D eigenvalue weighted by atomic mass is 9.67. The Morgan fingerprint density at radius 1 is 0.250 bits per heavy atom. The average Bonchev–Trinajstić information content (AvgIpc) is 4.09. The Labute approximate surface area is 418 Å². The van der Waals surface area contributed by atoms with Gasteiger partial charge in [0, 0.05) is 38.8 Å². The summed E-state index contributed by atoms with van der Waals surface area (Å²) in [6, 6.07) is 101. The van der Waals surface area contributed by atoms with E-state index in [4.69, 9.17) is 4.42 Å². The van der Waals surface area contributed by atoms with E-state index < -0.39 is 10.8 Å². The first-order chi connectivity index (χ1) is 35.7. The van der Waals surface area contributed by atoms with Gasteiger partial charge < -0.3 is 9.32 Å². The lowest BCUT2D eigenvalue weighted by Gasteiger charge is -2.36. The molecule has 0 bridgehead atoms. The minimum absolute atomic E-state index is 0.557. The third kappa shape index (κ3) is 5.60. The molecular formula is C70H45NO. The van der Waals surface area contributed by atoms with Crippen LogP contribution in [0.2, 0.25) is 0 Å². The number of hydrogen-bond acceptors (Lipinski definition) is 2. The molecule has 336 valence electrons. The van der Waals surface area contributed by atoms with Gasteiger partial charge in [-0.2, -0.15) is 0 Å². The highest BCUT2D eigenvalue weighted by Crippen LogP contribution is 2.60. The van der Waals surface area contributed by atoms with E-state index in [0.29, 0.717) is 0 Å². The summed E-state index contributed by atoms with van der Waals surface area (Å²) in [6.45, 7) is 0. The van der Waals surface area contributed by atoms with Crippen molar-refractivity contribution in [3.8, 4) is 22.3 Å². The van der Waals surface area contributed by atoms with Crippen molar-refractivity contribution in [3.63, 3.8) is 0 Å². The zero-order chi connectivity index (χ0) is 47.4. The van der Waals surface area contributed by atoms with Gasteiger partial charge in [-0.25, -0.2) is 0 Å². The molecule has 0 saturated heterocycles. The van der Waals surface area contributed by atoms with E-state index in [-0.39, 0.29) is 0 Å². The first-order valence-corrected chi connectivity index (χ1v) is 25.0. The predicted octanol–water partition coefficient (Wildman–Crippen LogP) is 18.1. The fourth-order valence-corrected chi connectivity index (χ4v) is 13.0. The number of nitrogens with zero attached hydrogens (tertiary/aromatic N) is 1. The molecule has 0 amide bonds. The molecule has 2 heteroatoms. The van der Waals surface area contributed by atoms with Gasteiger partial charge in [-0.1, -0.05) is 231 Å². The molecule has 2 aliphatic carbocycles. The van der Waals surface area contributed by atoms with Crippen molar-refractivity contribution < 1.29 is 4.42 Å². The number of benzene rings is 12. The van der Waals surface area contributed by atoms with E-state index in [2.05, 4.69) is 278 Å². The minimum Gasteiger partial charge on any atom is -0.455 e. The Morgan fingerprint density at radius 2 is 0.681 bits per heavy atom. The monoisotopic (exact) mass is 915 g/mol. The molecule has 0 aliphatic heterocycles. The first-order valence-electron chi connectivity index (χ1n) is 25.0. The summed E-state index contributed by atoms with van der Waals surface area (Å²) in [5, 5.41) is 6.91. The van der Waals surface area contributed by atoms with Crippen molar-refractivity contribution >= 4 is 60.5 Å². The second-order valence-corrected chi connectivity index (χ2v) is 19.5. The maximum Gasteiger partial charge on any atom is 0.143 e. The fraction of sp³-hybridized carbons (Fsp3) is 0.0286. The topological polar surface area (TPSA) is 16.4 Å². The SMILES string of the molecule is c1ccc(C2(c3ccccc3)c3ccccc3-c3ccc(N(c4ccc5c(c4)C(c4ccccc4)(c4cccc6c4oc4c7ccccc7ccc64)c4ccccc4-5)c4ccc5ccccc5c4)cc32)cc1. The molecule has 0 N–H and O–H groups in total. The van der Waals surface area contributed by atoms with Crippen LogP contribution in [-0.4, -0.2) is 0 Å². The lowest BCUT2D eigenvalue weighted by molar-refractivity contribution is 0.651. The Hall–Kier alpha value is -9.24. The van der Waals surface area contributed by atoms with Crippen LogP contribution in [0.3, 0.4) is 0 Å². The van der Waals surface area contributed by atoms with Crippen molar-refractivity contribution in [2.24, 2.45) is 0 Å². The molecule has 72 heavy (non-hydrogen) atoms. The number of rotatable bonds is 7. The number of anilines is 3. The molecule has 1 aromatic heterocycles. The van der Waals surface area contributed by atoms with Crippen LogP contribution in [0.1, 0.15) is 44.5 Å². The quantitative estimate of drug-likeness (QED) is 0.158. The Balaban J connectivity index is 1.02. The molecule has 13 aromatic rings. The zero-order valence-corrected chi connectivity index (χ0v) is 39.3. The van der Waals surface area contributed by atoms with Crippen molar-refractivity contribution in [3.05, 3.63) is 317 Å². The molecule has 0 radical (unpaired) electrons. The van der Waals surface area contributed by atoms with Crippen molar-refractivity contribution in [1.82, 2.24) is 0 Å². The lowest BCUT2D eigenvalue weighted by Crippen LogP contribution is -2.29. The zero-order valence-electron chi connectivity index (χ0n) is 39.3. The molecule has 0 spiro atoms. The highest BCUT2D eigenvalue weighted by Gasteiger charge is 2.49. The van der Waals surface area contributed by atoms with Crippen LogP contribution in [0.4, 0.5) is 17.1 Å². The molecule has 12 aromatic carbocycles. The highest BCUT2D eigenvalue weighted by atomic mass is 16.3. The molecule has 1 unspecified atom stereocenters. The van der Waals surface area contributed by atoms with Crippen LogP contribution in [0.15, 0.2) is 277 Å². The third-order valence-electron chi connectivity index (χ3n) is 16.0. The summed E-state index contributed by atoms with van der Waals surface area (Å²) in [6.07, 6.45) is 0. The Bertz CT molecular complexity index is 4250. The van der Waals surface area contributed by atoms with E-state index >= 15 is 0 Å². The molecule has 0 fully saturated rings. The molecule has 1 atom stereocenters. The van der Waals surface area contributed by atoms with Crippen molar-refractivity contribution in [2.75, 3.05) is 4.90 Å². The van der Waals surface area contributed by atoms with E-state index in [0.717, 1.165) is 50.0 Å². The van der Waals surface area contributed by atoms with Gasteiger partial charge in [0.2, 0.25) is 0 Å². The summed E-state index contributed by atoms with van der Waals surface area (Å²) >= 11 is 0. The van der Waals surface area contributed by atoms with Gasteiger partial charge in [-0.3, -0.25) is 0 Å². The largest absolute Gasteiger partial charge is 0.455 e.